The first-order valence-corrected chi connectivity index (χ1v) is 10.8. The molecule has 1 saturated carbocycles. The van der Waals surface area contributed by atoms with Crippen LogP contribution in [0.2, 0.25) is 0 Å². The minimum atomic E-state index is -0.415. The molecule has 0 saturated heterocycles. The first-order valence-electron chi connectivity index (χ1n) is 10.8. The van der Waals surface area contributed by atoms with Gasteiger partial charge in [-0.1, -0.05) is 42.5 Å². The number of carbonyl (C=O) groups is 2. The maximum Gasteiger partial charge on any atom is 0.336 e. The highest BCUT2D eigenvalue weighted by atomic mass is 16.5. The molecule has 0 spiro atoms. The summed E-state index contributed by atoms with van der Waals surface area (Å²) in [7, 11) is 0. The number of Topliss-reactive ketones (excluding diaryl/α,β-unsaturated/α-hetero) is 1. The van der Waals surface area contributed by atoms with Gasteiger partial charge in [-0.15, -0.1) is 0 Å². The molecule has 160 valence electrons. The Morgan fingerprint density at radius 1 is 1.03 bits per heavy atom. The number of fused-ring (bicyclic) bond motifs is 1. The molecule has 0 N–H and O–H groups in total. The van der Waals surface area contributed by atoms with Crippen LogP contribution in [0, 0.1) is 5.92 Å². The molecular formula is C26H27NO4. The normalized spacial score (nSPS) is 20.7. The van der Waals surface area contributed by atoms with E-state index >= 15 is 0 Å². The summed E-state index contributed by atoms with van der Waals surface area (Å²) in [6.45, 7) is 4.53. The largest absolute Gasteiger partial charge is 0.494 e. The average Bonchev–Trinajstić information content (AvgIpc) is 2.78. The summed E-state index contributed by atoms with van der Waals surface area (Å²) in [4.78, 5) is 30.9. The number of allylic oxidation sites excluding steroid dienone is 1. The summed E-state index contributed by atoms with van der Waals surface area (Å²) in [5.74, 6) is -0.306. The number of ketones is 1. The average molecular weight is 418 g/mol. The molecule has 0 radical (unpaired) electrons. The standard InChI is InChI=1S/C26H27NO4/c1-3-30-20-14-12-19(13-15-20)24-23(26(29)31-16-18-8-5-4-6-9-18)17(2)27-21-10-7-11-22(28)25(21)24/h4-6,8-9,12-15,24-25H,3,7,10-11,16H2,1-2H3/t24-,25?/m1/s1. The van der Waals surface area contributed by atoms with Crippen molar-refractivity contribution in [3.05, 3.63) is 77.0 Å². The minimum Gasteiger partial charge on any atom is -0.494 e. The van der Waals surface area contributed by atoms with Gasteiger partial charge in [0.25, 0.3) is 0 Å². The zero-order chi connectivity index (χ0) is 21.8. The van der Waals surface area contributed by atoms with E-state index in [9.17, 15) is 9.59 Å². The molecule has 5 heteroatoms. The van der Waals surface area contributed by atoms with Crippen molar-refractivity contribution < 1.29 is 19.1 Å². The topological polar surface area (TPSA) is 65.0 Å². The SMILES string of the molecule is CCOc1ccc([C@@H]2C(C(=O)OCc3ccccc3)=C(C)N=C3CCCC(=O)C32)cc1. The van der Waals surface area contributed by atoms with E-state index in [4.69, 9.17) is 9.47 Å². The van der Waals surface area contributed by atoms with Gasteiger partial charge in [-0.2, -0.15) is 0 Å². The Morgan fingerprint density at radius 3 is 2.48 bits per heavy atom. The van der Waals surface area contributed by atoms with Crippen LogP contribution in [0.3, 0.4) is 0 Å². The molecule has 0 amide bonds. The molecule has 2 aromatic carbocycles. The van der Waals surface area contributed by atoms with Gasteiger partial charge in [-0.25, -0.2) is 4.79 Å². The number of nitrogens with zero attached hydrogens (tertiary/aromatic N) is 1. The van der Waals surface area contributed by atoms with E-state index in [1.807, 2.05) is 68.4 Å². The van der Waals surface area contributed by atoms with Crippen molar-refractivity contribution >= 4 is 17.5 Å². The van der Waals surface area contributed by atoms with Crippen LogP contribution in [0.1, 0.15) is 50.2 Å². The second kappa shape index (κ2) is 9.29. The van der Waals surface area contributed by atoms with E-state index in [0.29, 0.717) is 24.3 Å². The molecule has 31 heavy (non-hydrogen) atoms. The van der Waals surface area contributed by atoms with E-state index in [1.165, 1.54) is 0 Å². The van der Waals surface area contributed by atoms with Gasteiger partial charge in [-0.3, -0.25) is 9.79 Å². The second-order valence-corrected chi connectivity index (χ2v) is 7.94. The lowest BCUT2D eigenvalue weighted by atomic mass is 9.69. The number of rotatable bonds is 6. The molecule has 1 aliphatic heterocycles. The zero-order valence-electron chi connectivity index (χ0n) is 18.0. The second-order valence-electron chi connectivity index (χ2n) is 7.94. The van der Waals surface area contributed by atoms with Crippen LogP contribution in [0.4, 0.5) is 0 Å². The summed E-state index contributed by atoms with van der Waals surface area (Å²) in [6.07, 6.45) is 2.11. The molecule has 5 nitrogen and oxygen atoms in total. The fourth-order valence-electron chi connectivity index (χ4n) is 4.48. The lowest BCUT2D eigenvalue weighted by molar-refractivity contribution is -0.140. The fraction of sp³-hybridized carbons (Fsp3) is 0.346. The third-order valence-electron chi connectivity index (χ3n) is 5.89. The van der Waals surface area contributed by atoms with Crippen LogP contribution in [0.25, 0.3) is 0 Å². The Kier molecular flexibility index (Phi) is 6.31. The molecule has 1 heterocycles. The third-order valence-corrected chi connectivity index (χ3v) is 5.89. The van der Waals surface area contributed by atoms with Crippen molar-refractivity contribution in [2.24, 2.45) is 10.9 Å². The number of carbonyl (C=O) groups excluding carboxylic acids is 2. The number of benzene rings is 2. The lowest BCUT2D eigenvalue weighted by Gasteiger charge is -2.35. The molecule has 1 fully saturated rings. The molecule has 0 aromatic heterocycles. The van der Waals surface area contributed by atoms with Gasteiger partial charge in [-0.05, 0) is 49.9 Å². The molecule has 2 aliphatic rings. The highest BCUT2D eigenvalue weighted by molar-refractivity contribution is 6.11. The number of ether oxygens (including phenoxy) is 2. The molecule has 1 unspecified atom stereocenters. The van der Waals surface area contributed by atoms with E-state index in [-0.39, 0.29) is 18.3 Å². The van der Waals surface area contributed by atoms with Gasteiger partial charge in [0.1, 0.15) is 18.1 Å². The van der Waals surface area contributed by atoms with E-state index in [0.717, 1.165) is 35.4 Å². The molecule has 2 atom stereocenters. The fourth-order valence-corrected chi connectivity index (χ4v) is 4.48. The van der Waals surface area contributed by atoms with Gasteiger partial charge in [0.15, 0.2) is 0 Å². The van der Waals surface area contributed by atoms with Crippen molar-refractivity contribution in [2.45, 2.75) is 45.6 Å². The Balaban J connectivity index is 1.69. The first-order chi connectivity index (χ1) is 15.1. The van der Waals surface area contributed by atoms with Gasteiger partial charge in [0.05, 0.1) is 18.1 Å². The minimum absolute atomic E-state index is 0.143. The Labute approximate surface area is 182 Å². The van der Waals surface area contributed by atoms with Crippen molar-refractivity contribution in [2.75, 3.05) is 6.61 Å². The maximum absolute atomic E-state index is 13.2. The molecule has 0 bridgehead atoms. The molecule has 4 rings (SSSR count). The van der Waals surface area contributed by atoms with E-state index in [1.54, 1.807) is 0 Å². The van der Waals surface area contributed by atoms with Crippen LogP contribution in [0.15, 0.2) is 70.9 Å². The van der Waals surface area contributed by atoms with Crippen LogP contribution in [-0.4, -0.2) is 24.1 Å². The van der Waals surface area contributed by atoms with Crippen molar-refractivity contribution in [3.63, 3.8) is 0 Å². The summed E-state index contributed by atoms with van der Waals surface area (Å²) >= 11 is 0. The Morgan fingerprint density at radius 2 is 1.77 bits per heavy atom. The summed E-state index contributed by atoms with van der Waals surface area (Å²) in [5.41, 5.74) is 3.82. The van der Waals surface area contributed by atoms with Gasteiger partial charge >= 0.3 is 5.97 Å². The quantitative estimate of drug-likeness (QED) is 0.620. The predicted octanol–water partition coefficient (Wildman–Crippen LogP) is 5.01. The van der Waals surface area contributed by atoms with Crippen LogP contribution >= 0.6 is 0 Å². The van der Waals surface area contributed by atoms with Crippen LogP contribution in [0.5, 0.6) is 5.75 Å². The monoisotopic (exact) mass is 417 g/mol. The van der Waals surface area contributed by atoms with Gasteiger partial charge in [0, 0.05) is 23.7 Å². The number of aliphatic imine (C=N–C) groups is 1. The number of hydrogen-bond acceptors (Lipinski definition) is 5. The highest BCUT2D eigenvalue weighted by Crippen LogP contribution is 2.43. The lowest BCUT2D eigenvalue weighted by Crippen LogP contribution is -2.39. The Bertz CT molecular complexity index is 1020. The first kappa shape index (κ1) is 21.0. The van der Waals surface area contributed by atoms with Crippen molar-refractivity contribution in [1.82, 2.24) is 0 Å². The third kappa shape index (κ3) is 4.46. The summed E-state index contributed by atoms with van der Waals surface area (Å²) in [6, 6.07) is 17.2. The maximum atomic E-state index is 13.2. The highest BCUT2D eigenvalue weighted by Gasteiger charge is 2.43. The van der Waals surface area contributed by atoms with Crippen molar-refractivity contribution in [3.8, 4) is 5.75 Å². The van der Waals surface area contributed by atoms with Crippen LogP contribution in [-0.2, 0) is 20.9 Å². The number of hydrogen-bond donors (Lipinski definition) is 0. The predicted molar refractivity (Wildman–Crippen MR) is 119 cm³/mol. The molecule has 2 aromatic rings. The Hall–Kier alpha value is -3.21. The summed E-state index contributed by atoms with van der Waals surface area (Å²) in [5, 5.41) is 0. The van der Waals surface area contributed by atoms with Crippen LogP contribution < -0.4 is 4.74 Å². The summed E-state index contributed by atoms with van der Waals surface area (Å²) < 4.78 is 11.2. The number of esters is 1. The zero-order valence-corrected chi connectivity index (χ0v) is 18.0. The smallest absolute Gasteiger partial charge is 0.336 e. The van der Waals surface area contributed by atoms with Gasteiger partial charge < -0.3 is 9.47 Å². The molecular weight excluding hydrogens is 390 g/mol. The van der Waals surface area contributed by atoms with E-state index < -0.39 is 11.9 Å². The van der Waals surface area contributed by atoms with Gasteiger partial charge in [0.2, 0.25) is 0 Å². The molecule has 1 aliphatic carbocycles. The van der Waals surface area contributed by atoms with Crippen molar-refractivity contribution in [1.29, 1.82) is 0 Å². The van der Waals surface area contributed by atoms with E-state index in [2.05, 4.69) is 4.99 Å².